The number of hydrogen-bond acceptors (Lipinski definition) is 1. The van der Waals surface area contributed by atoms with Gasteiger partial charge in [0.2, 0.25) is 0 Å². The molecule has 2 rings (SSSR count). The van der Waals surface area contributed by atoms with E-state index >= 15 is 0 Å². The van der Waals surface area contributed by atoms with Crippen molar-refractivity contribution in [2.75, 3.05) is 0 Å². The van der Waals surface area contributed by atoms with Crippen LogP contribution in [0.15, 0.2) is 24.3 Å². The minimum Gasteiger partial charge on any atom is -0.307 e. The van der Waals surface area contributed by atoms with Crippen molar-refractivity contribution in [3.8, 4) is 0 Å². The van der Waals surface area contributed by atoms with E-state index < -0.39 is 0 Å². The topological polar surface area (TPSA) is 12.0 Å². The lowest BCUT2D eigenvalue weighted by atomic mass is 10.0. The van der Waals surface area contributed by atoms with Crippen LogP contribution >= 0.6 is 11.6 Å². The van der Waals surface area contributed by atoms with Gasteiger partial charge in [0.25, 0.3) is 0 Å². The van der Waals surface area contributed by atoms with Gasteiger partial charge < -0.3 is 5.32 Å². The molecule has 1 saturated carbocycles. The number of hydrogen-bond donors (Lipinski definition) is 1. The van der Waals surface area contributed by atoms with E-state index in [1.54, 1.807) is 0 Å². The van der Waals surface area contributed by atoms with Gasteiger partial charge in [-0.3, -0.25) is 0 Å². The van der Waals surface area contributed by atoms with Crippen molar-refractivity contribution in [3.05, 3.63) is 34.9 Å². The van der Waals surface area contributed by atoms with Crippen molar-refractivity contribution in [1.29, 1.82) is 0 Å². The Morgan fingerprint density at radius 3 is 2.69 bits per heavy atom. The van der Waals surface area contributed by atoms with Crippen molar-refractivity contribution < 1.29 is 0 Å². The largest absolute Gasteiger partial charge is 0.307 e. The molecule has 0 radical (unpaired) electrons. The van der Waals surface area contributed by atoms with Crippen molar-refractivity contribution in [1.82, 2.24) is 5.32 Å². The summed E-state index contributed by atoms with van der Waals surface area (Å²) in [6.07, 6.45) is 4.01. The lowest BCUT2D eigenvalue weighted by Crippen LogP contribution is -2.33. The lowest BCUT2D eigenvalue weighted by Gasteiger charge is -2.23. The quantitative estimate of drug-likeness (QED) is 0.832. The fourth-order valence-electron chi connectivity index (χ4n) is 2.63. The van der Waals surface area contributed by atoms with E-state index in [-0.39, 0.29) is 0 Å². The van der Waals surface area contributed by atoms with Gasteiger partial charge in [-0.15, -0.1) is 0 Å². The molecule has 1 aromatic carbocycles. The molecule has 1 aliphatic rings. The van der Waals surface area contributed by atoms with Gasteiger partial charge in [-0.05, 0) is 37.3 Å². The lowest BCUT2D eigenvalue weighted by molar-refractivity contribution is 0.388. The van der Waals surface area contributed by atoms with Crippen molar-refractivity contribution in [2.45, 2.75) is 45.2 Å². The molecule has 16 heavy (non-hydrogen) atoms. The van der Waals surface area contributed by atoms with Crippen LogP contribution in [-0.2, 0) is 0 Å². The Morgan fingerprint density at radius 1 is 1.31 bits per heavy atom. The predicted molar refractivity (Wildman–Crippen MR) is 69.8 cm³/mol. The minimum absolute atomic E-state index is 0.347. The summed E-state index contributed by atoms with van der Waals surface area (Å²) < 4.78 is 0. The normalized spacial score (nSPS) is 26.9. The predicted octanol–water partition coefficient (Wildman–Crippen LogP) is 4.18. The smallest absolute Gasteiger partial charge is 0.0453 e. The van der Waals surface area contributed by atoms with Gasteiger partial charge >= 0.3 is 0 Å². The Labute approximate surface area is 103 Å². The van der Waals surface area contributed by atoms with Crippen LogP contribution in [-0.4, -0.2) is 6.04 Å². The summed E-state index contributed by atoms with van der Waals surface area (Å²) in [5.74, 6) is 0.796. The van der Waals surface area contributed by atoms with E-state index in [1.807, 2.05) is 12.1 Å². The summed E-state index contributed by atoms with van der Waals surface area (Å²) in [6.45, 7) is 4.54. The van der Waals surface area contributed by atoms with E-state index in [4.69, 9.17) is 11.6 Å². The molecule has 1 fully saturated rings. The second-order valence-electron chi connectivity index (χ2n) is 4.92. The van der Waals surface area contributed by atoms with Crippen LogP contribution < -0.4 is 5.32 Å². The molecule has 0 heterocycles. The van der Waals surface area contributed by atoms with Gasteiger partial charge in [0, 0.05) is 17.1 Å². The first-order chi connectivity index (χ1) is 7.68. The van der Waals surface area contributed by atoms with E-state index in [2.05, 4.69) is 31.3 Å². The summed E-state index contributed by atoms with van der Waals surface area (Å²) in [5, 5.41) is 4.57. The van der Waals surface area contributed by atoms with Crippen LogP contribution in [0, 0.1) is 5.92 Å². The van der Waals surface area contributed by atoms with Gasteiger partial charge in [0.1, 0.15) is 0 Å². The van der Waals surface area contributed by atoms with Crippen LogP contribution in [0.1, 0.15) is 44.7 Å². The molecule has 2 unspecified atom stereocenters. The van der Waals surface area contributed by atoms with Crippen LogP contribution in [0.2, 0.25) is 5.02 Å². The first-order valence-corrected chi connectivity index (χ1v) is 6.56. The van der Waals surface area contributed by atoms with Crippen LogP contribution in [0.5, 0.6) is 0 Å². The molecule has 1 aromatic rings. The van der Waals surface area contributed by atoms with Crippen molar-refractivity contribution >= 4 is 11.6 Å². The number of nitrogens with one attached hydrogen (secondary N) is 1. The van der Waals surface area contributed by atoms with Crippen LogP contribution in [0.25, 0.3) is 0 Å². The monoisotopic (exact) mass is 237 g/mol. The SMILES string of the molecule is CC1CCCC1N[C@H](C)c1ccccc1Cl. The first kappa shape index (κ1) is 11.9. The molecule has 3 atom stereocenters. The van der Waals surface area contributed by atoms with E-state index in [9.17, 15) is 0 Å². The van der Waals surface area contributed by atoms with Gasteiger partial charge in [-0.1, -0.05) is 43.1 Å². The third-order valence-corrected chi connectivity index (χ3v) is 4.04. The summed E-state index contributed by atoms with van der Waals surface area (Å²) in [7, 11) is 0. The number of rotatable bonds is 3. The molecule has 0 aliphatic heterocycles. The highest BCUT2D eigenvalue weighted by Gasteiger charge is 2.24. The number of benzene rings is 1. The number of halogens is 1. The third-order valence-electron chi connectivity index (χ3n) is 3.70. The fraction of sp³-hybridized carbons (Fsp3) is 0.571. The molecule has 1 aliphatic carbocycles. The second kappa shape index (κ2) is 5.20. The molecule has 0 spiro atoms. The third kappa shape index (κ3) is 2.58. The molecule has 2 heteroatoms. The molecule has 88 valence electrons. The van der Waals surface area contributed by atoms with E-state index in [1.165, 1.54) is 24.8 Å². The highest BCUT2D eigenvalue weighted by molar-refractivity contribution is 6.31. The Bertz CT molecular complexity index is 350. The van der Waals surface area contributed by atoms with Gasteiger partial charge in [-0.2, -0.15) is 0 Å². The molecule has 1 nitrogen and oxygen atoms in total. The zero-order chi connectivity index (χ0) is 11.5. The summed E-state index contributed by atoms with van der Waals surface area (Å²) in [5.41, 5.74) is 1.21. The van der Waals surface area contributed by atoms with Gasteiger partial charge in [0.05, 0.1) is 0 Å². The highest BCUT2D eigenvalue weighted by Crippen LogP contribution is 2.29. The maximum atomic E-state index is 6.20. The average Bonchev–Trinajstić information content (AvgIpc) is 2.65. The molecule has 0 amide bonds. The van der Waals surface area contributed by atoms with E-state index in [0.717, 1.165) is 10.9 Å². The Hall–Kier alpha value is -0.530. The van der Waals surface area contributed by atoms with E-state index in [0.29, 0.717) is 12.1 Å². The summed E-state index contributed by atoms with van der Waals surface area (Å²) in [6, 6.07) is 9.12. The minimum atomic E-state index is 0.347. The molecule has 0 bridgehead atoms. The second-order valence-corrected chi connectivity index (χ2v) is 5.33. The van der Waals surface area contributed by atoms with Crippen molar-refractivity contribution in [3.63, 3.8) is 0 Å². The average molecular weight is 238 g/mol. The maximum Gasteiger partial charge on any atom is 0.0453 e. The zero-order valence-corrected chi connectivity index (χ0v) is 10.8. The Kier molecular flexibility index (Phi) is 3.88. The first-order valence-electron chi connectivity index (χ1n) is 6.19. The van der Waals surface area contributed by atoms with Crippen LogP contribution in [0.3, 0.4) is 0 Å². The molecule has 0 saturated heterocycles. The van der Waals surface area contributed by atoms with Crippen molar-refractivity contribution in [2.24, 2.45) is 5.92 Å². The van der Waals surface area contributed by atoms with Gasteiger partial charge in [-0.25, -0.2) is 0 Å². The standard InChI is InChI=1S/C14H20ClN/c1-10-6-5-9-14(10)16-11(2)12-7-3-4-8-13(12)15/h3-4,7-8,10-11,14,16H,5-6,9H2,1-2H3/t10?,11-,14?/m1/s1. The molecule has 1 N–H and O–H groups in total. The highest BCUT2D eigenvalue weighted by atomic mass is 35.5. The summed E-state index contributed by atoms with van der Waals surface area (Å²) >= 11 is 6.20. The molecular weight excluding hydrogens is 218 g/mol. The maximum absolute atomic E-state index is 6.20. The zero-order valence-electron chi connectivity index (χ0n) is 10.0. The summed E-state index contributed by atoms with van der Waals surface area (Å²) in [4.78, 5) is 0. The van der Waals surface area contributed by atoms with Gasteiger partial charge in [0.15, 0.2) is 0 Å². The molecule has 0 aromatic heterocycles. The Morgan fingerprint density at radius 2 is 2.06 bits per heavy atom. The Balaban J connectivity index is 2.03. The fourth-order valence-corrected chi connectivity index (χ4v) is 2.93. The molecular formula is C14H20ClN. The van der Waals surface area contributed by atoms with Crippen LogP contribution in [0.4, 0.5) is 0 Å².